The molecule has 2 aliphatic rings. The lowest BCUT2D eigenvalue weighted by Gasteiger charge is -2.28. The second-order valence-corrected chi connectivity index (χ2v) is 7.43. The zero-order valence-electron chi connectivity index (χ0n) is 17.0. The Balaban J connectivity index is 1.52. The van der Waals surface area contributed by atoms with Gasteiger partial charge in [-0.2, -0.15) is 5.10 Å². The van der Waals surface area contributed by atoms with Gasteiger partial charge in [-0.3, -0.25) is 9.48 Å². The molecule has 4 rings (SSSR count). The van der Waals surface area contributed by atoms with Gasteiger partial charge in [-0.25, -0.2) is 4.79 Å². The largest absolute Gasteiger partial charge is 0.492 e. The summed E-state index contributed by atoms with van der Waals surface area (Å²) in [6.45, 7) is 4.95. The number of ether oxygens (including phenoxy) is 1. The zero-order chi connectivity index (χ0) is 20.4. The summed E-state index contributed by atoms with van der Waals surface area (Å²) in [5, 5.41) is 7.45. The van der Waals surface area contributed by atoms with Crippen molar-refractivity contribution in [2.24, 2.45) is 7.05 Å². The number of likely N-dealkylation sites (tertiary alicyclic amines) is 1. The highest BCUT2D eigenvalue weighted by molar-refractivity contribution is 5.95. The van der Waals surface area contributed by atoms with Gasteiger partial charge in [0.1, 0.15) is 5.75 Å². The van der Waals surface area contributed by atoms with E-state index in [1.807, 2.05) is 43.1 Å². The number of urea groups is 1. The second-order valence-electron chi connectivity index (χ2n) is 7.43. The van der Waals surface area contributed by atoms with Crippen molar-refractivity contribution in [2.75, 3.05) is 31.6 Å². The normalized spacial score (nSPS) is 15.9. The molecule has 3 amide bonds. The number of benzene rings is 1. The third-order valence-electron chi connectivity index (χ3n) is 5.55. The van der Waals surface area contributed by atoms with Crippen LogP contribution in [0.3, 0.4) is 0 Å². The lowest BCUT2D eigenvalue weighted by molar-refractivity contribution is 0.0784. The highest BCUT2D eigenvalue weighted by Crippen LogP contribution is 2.27. The summed E-state index contributed by atoms with van der Waals surface area (Å²) >= 11 is 0. The van der Waals surface area contributed by atoms with Crippen molar-refractivity contribution in [1.82, 2.24) is 19.6 Å². The monoisotopic (exact) mass is 397 g/mol. The summed E-state index contributed by atoms with van der Waals surface area (Å²) < 4.78 is 7.39. The molecule has 1 N–H and O–H groups in total. The van der Waals surface area contributed by atoms with Crippen LogP contribution >= 0.6 is 0 Å². The molecule has 0 bridgehead atoms. The Hall–Kier alpha value is -3.03. The Morgan fingerprint density at radius 2 is 1.90 bits per heavy atom. The SMILES string of the molecule is CCOc1ccccc1NC(=O)N1CCc2c(c(C(=O)N3CCCC3)nn2C)C1. The van der Waals surface area contributed by atoms with Crippen molar-refractivity contribution < 1.29 is 14.3 Å². The number of rotatable bonds is 4. The first-order valence-electron chi connectivity index (χ1n) is 10.2. The van der Waals surface area contributed by atoms with E-state index in [2.05, 4.69) is 10.4 Å². The van der Waals surface area contributed by atoms with E-state index in [4.69, 9.17) is 4.74 Å². The van der Waals surface area contributed by atoms with Gasteiger partial charge in [-0.15, -0.1) is 0 Å². The van der Waals surface area contributed by atoms with Crippen molar-refractivity contribution in [3.8, 4) is 5.75 Å². The minimum Gasteiger partial charge on any atom is -0.492 e. The molecule has 0 radical (unpaired) electrons. The van der Waals surface area contributed by atoms with Crippen molar-refractivity contribution >= 4 is 17.6 Å². The number of amides is 3. The van der Waals surface area contributed by atoms with E-state index in [-0.39, 0.29) is 11.9 Å². The Morgan fingerprint density at radius 3 is 2.66 bits per heavy atom. The van der Waals surface area contributed by atoms with Crippen LogP contribution in [-0.4, -0.2) is 57.8 Å². The average molecular weight is 397 g/mol. The summed E-state index contributed by atoms with van der Waals surface area (Å²) in [6.07, 6.45) is 2.75. The number of aromatic nitrogens is 2. The van der Waals surface area contributed by atoms with Gasteiger partial charge in [0.15, 0.2) is 5.69 Å². The topological polar surface area (TPSA) is 79.7 Å². The van der Waals surface area contributed by atoms with Crippen LogP contribution in [0.5, 0.6) is 5.75 Å². The summed E-state index contributed by atoms with van der Waals surface area (Å²) in [7, 11) is 1.87. The first kappa shape index (κ1) is 19.3. The van der Waals surface area contributed by atoms with E-state index >= 15 is 0 Å². The van der Waals surface area contributed by atoms with Crippen LogP contribution in [-0.2, 0) is 20.0 Å². The fourth-order valence-corrected chi connectivity index (χ4v) is 4.05. The first-order chi connectivity index (χ1) is 14.1. The molecule has 1 saturated heterocycles. The maximum Gasteiger partial charge on any atom is 0.322 e. The Morgan fingerprint density at radius 1 is 1.14 bits per heavy atom. The van der Waals surface area contributed by atoms with Gasteiger partial charge in [0, 0.05) is 44.4 Å². The van der Waals surface area contributed by atoms with Gasteiger partial charge in [0.05, 0.1) is 18.8 Å². The van der Waals surface area contributed by atoms with Crippen LogP contribution in [0, 0.1) is 0 Å². The lowest BCUT2D eigenvalue weighted by Crippen LogP contribution is -2.40. The summed E-state index contributed by atoms with van der Waals surface area (Å²) in [5.74, 6) is 0.621. The van der Waals surface area contributed by atoms with E-state index in [9.17, 15) is 9.59 Å². The highest BCUT2D eigenvalue weighted by atomic mass is 16.5. The quantitative estimate of drug-likeness (QED) is 0.860. The molecule has 1 aromatic heterocycles. The fourth-order valence-electron chi connectivity index (χ4n) is 4.05. The fraction of sp³-hybridized carbons (Fsp3) is 0.476. The molecule has 0 unspecified atom stereocenters. The van der Waals surface area contributed by atoms with Gasteiger partial charge < -0.3 is 19.9 Å². The van der Waals surface area contributed by atoms with Crippen LogP contribution in [0.25, 0.3) is 0 Å². The summed E-state index contributed by atoms with van der Waals surface area (Å²) in [6, 6.07) is 7.19. The predicted molar refractivity (Wildman–Crippen MR) is 109 cm³/mol. The standard InChI is InChI=1S/C21H27N5O3/c1-3-29-18-9-5-4-8-16(18)22-21(28)26-13-10-17-15(14-26)19(23-24(17)2)20(27)25-11-6-7-12-25/h4-5,8-9H,3,6-7,10-14H2,1-2H3,(H,22,28). The Kier molecular flexibility index (Phi) is 5.42. The molecule has 0 spiro atoms. The number of aryl methyl sites for hydroxylation is 1. The van der Waals surface area contributed by atoms with Crippen LogP contribution in [0.15, 0.2) is 24.3 Å². The molecule has 29 heavy (non-hydrogen) atoms. The van der Waals surface area contributed by atoms with E-state index in [1.165, 1.54) is 0 Å². The number of nitrogens with one attached hydrogen (secondary N) is 1. The van der Waals surface area contributed by atoms with E-state index < -0.39 is 0 Å². The average Bonchev–Trinajstić information content (AvgIpc) is 3.37. The number of hydrogen-bond acceptors (Lipinski definition) is 4. The van der Waals surface area contributed by atoms with Crippen LogP contribution in [0.4, 0.5) is 10.5 Å². The number of carbonyl (C=O) groups is 2. The molecule has 2 aliphatic heterocycles. The Labute approximate surface area is 170 Å². The number of hydrogen-bond donors (Lipinski definition) is 1. The molecule has 8 nitrogen and oxygen atoms in total. The molecule has 0 saturated carbocycles. The van der Waals surface area contributed by atoms with Gasteiger partial charge >= 0.3 is 6.03 Å². The number of fused-ring (bicyclic) bond motifs is 1. The minimum atomic E-state index is -0.203. The molecule has 2 aromatic rings. The van der Waals surface area contributed by atoms with E-state index in [0.717, 1.165) is 37.2 Å². The van der Waals surface area contributed by atoms with E-state index in [0.29, 0.717) is 43.2 Å². The smallest absolute Gasteiger partial charge is 0.322 e. The summed E-state index contributed by atoms with van der Waals surface area (Å²) in [5.41, 5.74) is 3.02. The van der Waals surface area contributed by atoms with Crippen LogP contribution in [0.2, 0.25) is 0 Å². The van der Waals surface area contributed by atoms with Crippen molar-refractivity contribution in [2.45, 2.75) is 32.7 Å². The molecule has 1 fully saturated rings. The molecule has 3 heterocycles. The van der Waals surface area contributed by atoms with Crippen LogP contribution in [0.1, 0.15) is 41.5 Å². The summed E-state index contributed by atoms with van der Waals surface area (Å²) in [4.78, 5) is 29.4. The van der Waals surface area contributed by atoms with Crippen molar-refractivity contribution in [1.29, 1.82) is 0 Å². The third kappa shape index (κ3) is 3.79. The van der Waals surface area contributed by atoms with Gasteiger partial charge in [0.2, 0.25) is 0 Å². The van der Waals surface area contributed by atoms with Crippen LogP contribution < -0.4 is 10.1 Å². The molecule has 1 aromatic carbocycles. The minimum absolute atomic E-state index is 0.0247. The first-order valence-corrected chi connectivity index (χ1v) is 10.2. The number of nitrogens with zero attached hydrogens (tertiary/aromatic N) is 4. The lowest BCUT2D eigenvalue weighted by atomic mass is 10.0. The molecular formula is C21H27N5O3. The number of carbonyl (C=O) groups excluding carboxylic acids is 2. The van der Waals surface area contributed by atoms with Crippen molar-refractivity contribution in [3.63, 3.8) is 0 Å². The molecule has 0 aliphatic carbocycles. The number of anilines is 1. The third-order valence-corrected chi connectivity index (χ3v) is 5.55. The number of para-hydroxylation sites is 2. The molecule has 154 valence electrons. The van der Waals surface area contributed by atoms with Gasteiger partial charge in [-0.05, 0) is 31.9 Å². The van der Waals surface area contributed by atoms with Gasteiger partial charge in [-0.1, -0.05) is 12.1 Å². The predicted octanol–water partition coefficient (Wildman–Crippen LogP) is 2.65. The van der Waals surface area contributed by atoms with Gasteiger partial charge in [0.25, 0.3) is 5.91 Å². The maximum absolute atomic E-state index is 12.9. The maximum atomic E-state index is 12.9. The zero-order valence-corrected chi connectivity index (χ0v) is 17.0. The molecule has 0 atom stereocenters. The van der Waals surface area contributed by atoms with E-state index in [1.54, 1.807) is 9.58 Å². The van der Waals surface area contributed by atoms with Crippen molar-refractivity contribution in [3.05, 3.63) is 41.2 Å². The molecule has 8 heteroatoms. The highest BCUT2D eigenvalue weighted by Gasteiger charge is 2.32. The molecular weight excluding hydrogens is 370 g/mol. The Bertz CT molecular complexity index is 917. The second kappa shape index (κ2) is 8.14.